The van der Waals surface area contributed by atoms with Gasteiger partial charge >= 0.3 is 0 Å². The summed E-state index contributed by atoms with van der Waals surface area (Å²) in [5.74, 6) is 0.123. The molecule has 5 heteroatoms. The summed E-state index contributed by atoms with van der Waals surface area (Å²) in [7, 11) is 2.09. The number of hydrogen-bond acceptors (Lipinski definition) is 4. The molecule has 1 aromatic carbocycles. The molecule has 1 heterocycles. The fraction of sp³-hybridized carbons (Fsp3) is 0.462. The Balaban J connectivity index is 1.82. The molecule has 0 unspecified atom stereocenters. The Morgan fingerprint density at radius 1 is 1.33 bits per heavy atom. The van der Waals surface area contributed by atoms with Gasteiger partial charge in [-0.05, 0) is 19.2 Å². The van der Waals surface area contributed by atoms with Gasteiger partial charge < -0.3 is 15.3 Å². The van der Waals surface area contributed by atoms with Gasteiger partial charge in [0.2, 0.25) is 5.91 Å². The van der Waals surface area contributed by atoms with Crippen molar-refractivity contribution in [2.75, 3.05) is 45.1 Å². The Morgan fingerprint density at radius 2 is 2.06 bits per heavy atom. The summed E-state index contributed by atoms with van der Waals surface area (Å²) in [6.07, 6.45) is 0. The summed E-state index contributed by atoms with van der Waals surface area (Å²) in [6, 6.07) is 6.60. The van der Waals surface area contributed by atoms with Gasteiger partial charge in [-0.1, -0.05) is 6.07 Å². The highest BCUT2D eigenvalue weighted by molar-refractivity contribution is 5.92. The highest BCUT2D eigenvalue weighted by Crippen LogP contribution is 2.15. The highest BCUT2D eigenvalue weighted by atomic mass is 16.3. The normalized spacial score (nSPS) is 17.6. The van der Waals surface area contributed by atoms with Crippen LogP contribution in [0.25, 0.3) is 0 Å². The number of phenolic OH excluding ortho intramolecular Hbond substituents is 1. The van der Waals surface area contributed by atoms with Crippen molar-refractivity contribution in [3.8, 4) is 5.75 Å². The molecule has 0 atom stereocenters. The number of anilines is 1. The molecule has 1 aliphatic heterocycles. The molecule has 18 heavy (non-hydrogen) atoms. The van der Waals surface area contributed by atoms with Gasteiger partial charge in [-0.2, -0.15) is 0 Å². The second kappa shape index (κ2) is 5.84. The van der Waals surface area contributed by atoms with Gasteiger partial charge in [0.05, 0.1) is 6.54 Å². The largest absolute Gasteiger partial charge is 0.508 e. The molecule has 0 spiro atoms. The molecule has 2 rings (SSSR count). The summed E-state index contributed by atoms with van der Waals surface area (Å²) in [5.41, 5.74) is 0.633. The third-order valence-corrected chi connectivity index (χ3v) is 3.09. The first-order chi connectivity index (χ1) is 8.63. The van der Waals surface area contributed by atoms with Crippen molar-refractivity contribution in [3.63, 3.8) is 0 Å². The Morgan fingerprint density at radius 3 is 2.72 bits per heavy atom. The lowest BCUT2D eigenvalue weighted by molar-refractivity contribution is -0.117. The van der Waals surface area contributed by atoms with Gasteiger partial charge in [0.1, 0.15) is 5.75 Å². The fourth-order valence-electron chi connectivity index (χ4n) is 1.99. The van der Waals surface area contributed by atoms with Crippen molar-refractivity contribution in [2.45, 2.75) is 0 Å². The number of phenols is 1. The van der Waals surface area contributed by atoms with Crippen LogP contribution >= 0.6 is 0 Å². The first kappa shape index (κ1) is 12.9. The van der Waals surface area contributed by atoms with Crippen molar-refractivity contribution in [3.05, 3.63) is 24.3 Å². The van der Waals surface area contributed by atoms with E-state index in [0.29, 0.717) is 12.2 Å². The number of amides is 1. The molecule has 0 saturated carbocycles. The molecule has 2 N–H and O–H groups in total. The van der Waals surface area contributed by atoms with E-state index in [4.69, 9.17) is 0 Å². The monoisotopic (exact) mass is 249 g/mol. The number of rotatable bonds is 3. The lowest BCUT2D eigenvalue weighted by Gasteiger charge is -2.31. The third kappa shape index (κ3) is 3.72. The lowest BCUT2D eigenvalue weighted by atomic mass is 10.3. The summed E-state index contributed by atoms with van der Waals surface area (Å²) in [5, 5.41) is 12.1. The lowest BCUT2D eigenvalue weighted by Crippen LogP contribution is -2.47. The molecule has 0 bridgehead atoms. The number of hydrogen-bond donors (Lipinski definition) is 2. The van der Waals surface area contributed by atoms with E-state index < -0.39 is 0 Å². The average Bonchev–Trinajstić information content (AvgIpc) is 2.32. The van der Waals surface area contributed by atoms with Crippen LogP contribution in [-0.2, 0) is 4.79 Å². The number of benzene rings is 1. The maximum atomic E-state index is 11.8. The second-order valence-corrected chi connectivity index (χ2v) is 4.68. The van der Waals surface area contributed by atoms with Crippen LogP contribution in [0.5, 0.6) is 5.75 Å². The van der Waals surface area contributed by atoms with Crippen LogP contribution in [0.4, 0.5) is 5.69 Å². The van der Waals surface area contributed by atoms with Gasteiger partial charge in [-0.15, -0.1) is 0 Å². The summed E-state index contributed by atoms with van der Waals surface area (Å²) in [6.45, 7) is 4.25. The molecule has 1 fully saturated rings. The van der Waals surface area contributed by atoms with E-state index in [9.17, 15) is 9.90 Å². The summed E-state index contributed by atoms with van der Waals surface area (Å²) < 4.78 is 0. The molecule has 0 radical (unpaired) electrons. The van der Waals surface area contributed by atoms with Gasteiger partial charge in [-0.25, -0.2) is 0 Å². The van der Waals surface area contributed by atoms with Crippen molar-refractivity contribution >= 4 is 11.6 Å². The third-order valence-electron chi connectivity index (χ3n) is 3.09. The van der Waals surface area contributed by atoms with Gasteiger partial charge in [0.25, 0.3) is 0 Å². The maximum absolute atomic E-state index is 11.8. The van der Waals surface area contributed by atoms with E-state index >= 15 is 0 Å². The van der Waals surface area contributed by atoms with E-state index in [1.807, 2.05) is 0 Å². The zero-order chi connectivity index (χ0) is 13.0. The van der Waals surface area contributed by atoms with Crippen LogP contribution in [0.1, 0.15) is 0 Å². The zero-order valence-electron chi connectivity index (χ0n) is 10.6. The average molecular weight is 249 g/mol. The minimum atomic E-state index is -0.0369. The molecule has 1 saturated heterocycles. The van der Waals surface area contributed by atoms with E-state index in [1.54, 1.807) is 24.3 Å². The van der Waals surface area contributed by atoms with E-state index in [-0.39, 0.29) is 11.7 Å². The number of carbonyl (C=O) groups excluding carboxylic acids is 1. The van der Waals surface area contributed by atoms with Crippen molar-refractivity contribution < 1.29 is 9.90 Å². The number of likely N-dealkylation sites (N-methyl/N-ethyl adjacent to an activating group) is 1. The number of carbonyl (C=O) groups is 1. The predicted octanol–water partition coefficient (Wildman–Crippen LogP) is 0.578. The molecular formula is C13H19N3O2. The molecular weight excluding hydrogens is 230 g/mol. The van der Waals surface area contributed by atoms with Crippen LogP contribution < -0.4 is 5.32 Å². The number of piperazine rings is 1. The van der Waals surface area contributed by atoms with E-state index in [2.05, 4.69) is 22.2 Å². The van der Waals surface area contributed by atoms with Gasteiger partial charge in [0, 0.05) is 37.9 Å². The number of nitrogens with one attached hydrogen (secondary N) is 1. The maximum Gasteiger partial charge on any atom is 0.238 e. The molecule has 1 aliphatic rings. The SMILES string of the molecule is CN1CCN(CC(=O)Nc2cccc(O)c2)CC1. The quantitative estimate of drug-likeness (QED) is 0.822. The molecule has 1 amide bonds. The standard InChI is InChI=1S/C13H19N3O2/c1-15-5-7-16(8-6-15)10-13(18)14-11-3-2-4-12(17)9-11/h2-4,9,17H,5-8,10H2,1H3,(H,14,18). The molecule has 1 aromatic rings. The minimum absolute atomic E-state index is 0.0369. The first-order valence-corrected chi connectivity index (χ1v) is 6.13. The van der Waals surface area contributed by atoms with Crippen LogP contribution in [0.15, 0.2) is 24.3 Å². The zero-order valence-corrected chi connectivity index (χ0v) is 10.6. The van der Waals surface area contributed by atoms with Crippen LogP contribution in [0, 0.1) is 0 Å². The first-order valence-electron chi connectivity index (χ1n) is 6.13. The molecule has 98 valence electrons. The minimum Gasteiger partial charge on any atom is -0.508 e. The van der Waals surface area contributed by atoms with Crippen LogP contribution in [0.2, 0.25) is 0 Å². The predicted molar refractivity (Wildman–Crippen MR) is 70.7 cm³/mol. The van der Waals surface area contributed by atoms with Crippen LogP contribution in [-0.4, -0.2) is 60.6 Å². The Labute approximate surface area is 107 Å². The highest BCUT2D eigenvalue weighted by Gasteiger charge is 2.16. The van der Waals surface area contributed by atoms with Gasteiger partial charge in [0.15, 0.2) is 0 Å². The fourth-order valence-corrected chi connectivity index (χ4v) is 1.99. The molecule has 0 aliphatic carbocycles. The second-order valence-electron chi connectivity index (χ2n) is 4.68. The van der Waals surface area contributed by atoms with Crippen molar-refractivity contribution in [1.29, 1.82) is 0 Å². The molecule has 0 aromatic heterocycles. The number of aromatic hydroxyl groups is 1. The van der Waals surface area contributed by atoms with Crippen molar-refractivity contribution in [2.24, 2.45) is 0 Å². The topological polar surface area (TPSA) is 55.8 Å². The van der Waals surface area contributed by atoms with E-state index in [1.165, 1.54) is 0 Å². The smallest absolute Gasteiger partial charge is 0.238 e. The van der Waals surface area contributed by atoms with Crippen molar-refractivity contribution in [1.82, 2.24) is 9.80 Å². The van der Waals surface area contributed by atoms with E-state index in [0.717, 1.165) is 26.2 Å². The Bertz CT molecular complexity index is 414. The van der Waals surface area contributed by atoms with Gasteiger partial charge in [-0.3, -0.25) is 9.69 Å². The van der Waals surface area contributed by atoms with Crippen LogP contribution in [0.3, 0.4) is 0 Å². The number of nitrogens with zero attached hydrogens (tertiary/aromatic N) is 2. The summed E-state index contributed by atoms with van der Waals surface area (Å²) >= 11 is 0. The Kier molecular flexibility index (Phi) is 4.17. The molecule has 5 nitrogen and oxygen atoms in total. The Hall–Kier alpha value is -1.59. The summed E-state index contributed by atoms with van der Waals surface area (Å²) in [4.78, 5) is 16.2.